The van der Waals surface area contributed by atoms with E-state index in [0.29, 0.717) is 17.2 Å². The molecule has 1 aromatic rings. The van der Waals surface area contributed by atoms with E-state index >= 15 is 0 Å². The summed E-state index contributed by atoms with van der Waals surface area (Å²) in [5.74, 6) is 0.737. The molecule has 0 aromatic heterocycles. The fraction of sp³-hybridized carbons (Fsp3) is 0.500. The van der Waals surface area contributed by atoms with E-state index in [2.05, 4.69) is 21.2 Å². The number of halogens is 1. The van der Waals surface area contributed by atoms with E-state index < -0.39 is 0 Å². The molecule has 2 atom stereocenters. The van der Waals surface area contributed by atoms with Gasteiger partial charge in [0, 0.05) is 17.4 Å². The Kier molecular flexibility index (Phi) is 4.69. The lowest BCUT2D eigenvalue weighted by atomic mass is 10.1. The van der Waals surface area contributed by atoms with Crippen LogP contribution in [0.1, 0.15) is 29.6 Å². The molecule has 2 rings (SSSR count). The van der Waals surface area contributed by atoms with Crippen molar-refractivity contribution in [1.29, 1.82) is 0 Å². The second-order valence-electron chi connectivity index (χ2n) is 4.81. The molecule has 1 fully saturated rings. The van der Waals surface area contributed by atoms with E-state index in [4.69, 9.17) is 4.74 Å². The maximum Gasteiger partial charge on any atom is 0.255 e. The van der Waals surface area contributed by atoms with Crippen LogP contribution in [0.5, 0.6) is 11.5 Å². The monoisotopic (exact) mass is 327 g/mol. The second kappa shape index (κ2) is 6.28. The molecule has 5 heteroatoms. The van der Waals surface area contributed by atoms with Gasteiger partial charge >= 0.3 is 0 Å². The molecule has 104 valence electrons. The summed E-state index contributed by atoms with van der Waals surface area (Å²) in [5, 5.41) is 13.7. The minimum atomic E-state index is -0.224. The summed E-state index contributed by atoms with van der Waals surface area (Å²) < 4.78 is 5.00. The molecule has 2 N–H and O–H groups in total. The van der Waals surface area contributed by atoms with Crippen molar-refractivity contribution in [2.45, 2.75) is 25.3 Å². The van der Waals surface area contributed by atoms with Crippen molar-refractivity contribution < 1.29 is 14.6 Å². The Morgan fingerprint density at radius 1 is 1.53 bits per heavy atom. The van der Waals surface area contributed by atoms with Gasteiger partial charge in [0.25, 0.3) is 5.91 Å². The SMILES string of the molecule is COc1ccc(C(=O)NC2CCCC2CBr)c(O)c1. The summed E-state index contributed by atoms with van der Waals surface area (Å²) in [7, 11) is 1.52. The molecular weight excluding hydrogens is 310 g/mol. The number of phenolic OH excluding ortho intramolecular Hbond substituents is 1. The van der Waals surface area contributed by atoms with Crippen LogP contribution >= 0.6 is 15.9 Å². The Balaban J connectivity index is 2.07. The highest BCUT2D eigenvalue weighted by atomic mass is 79.9. The van der Waals surface area contributed by atoms with E-state index in [1.54, 1.807) is 12.1 Å². The fourth-order valence-corrected chi connectivity index (χ4v) is 3.26. The molecule has 0 bridgehead atoms. The summed E-state index contributed by atoms with van der Waals surface area (Å²) in [6.45, 7) is 0. The number of carbonyl (C=O) groups is 1. The van der Waals surface area contributed by atoms with Gasteiger partial charge in [-0.15, -0.1) is 0 Å². The third-order valence-electron chi connectivity index (χ3n) is 3.62. The Labute approximate surface area is 121 Å². The van der Waals surface area contributed by atoms with Crippen LogP contribution in [-0.4, -0.2) is 29.5 Å². The average molecular weight is 328 g/mol. The van der Waals surface area contributed by atoms with Gasteiger partial charge in [0.15, 0.2) is 0 Å². The number of benzene rings is 1. The first-order chi connectivity index (χ1) is 9.15. The van der Waals surface area contributed by atoms with Gasteiger partial charge in [0.05, 0.1) is 12.7 Å². The van der Waals surface area contributed by atoms with Crippen LogP contribution in [0.25, 0.3) is 0 Å². The number of hydrogen-bond acceptors (Lipinski definition) is 3. The van der Waals surface area contributed by atoms with Crippen LogP contribution in [-0.2, 0) is 0 Å². The molecule has 2 unspecified atom stereocenters. The number of ether oxygens (including phenoxy) is 1. The number of phenols is 1. The highest BCUT2D eigenvalue weighted by Crippen LogP contribution is 2.28. The van der Waals surface area contributed by atoms with Gasteiger partial charge in [-0.25, -0.2) is 0 Å². The van der Waals surface area contributed by atoms with E-state index in [1.165, 1.54) is 13.2 Å². The first kappa shape index (κ1) is 14.2. The summed E-state index contributed by atoms with van der Waals surface area (Å²) in [6, 6.07) is 4.90. The highest BCUT2D eigenvalue weighted by Gasteiger charge is 2.28. The van der Waals surface area contributed by atoms with E-state index in [-0.39, 0.29) is 17.7 Å². The lowest BCUT2D eigenvalue weighted by Gasteiger charge is -2.19. The third kappa shape index (κ3) is 3.21. The van der Waals surface area contributed by atoms with Gasteiger partial charge in [-0.05, 0) is 30.9 Å². The third-order valence-corrected chi connectivity index (χ3v) is 4.45. The smallest absolute Gasteiger partial charge is 0.255 e. The van der Waals surface area contributed by atoms with Crippen LogP contribution in [0.15, 0.2) is 18.2 Å². The lowest BCUT2D eigenvalue weighted by molar-refractivity contribution is 0.0927. The molecule has 1 amide bonds. The molecule has 0 aliphatic heterocycles. The largest absolute Gasteiger partial charge is 0.507 e. The molecule has 0 radical (unpaired) electrons. The van der Waals surface area contributed by atoms with Crippen LogP contribution in [0.2, 0.25) is 0 Å². The van der Waals surface area contributed by atoms with E-state index in [9.17, 15) is 9.90 Å². The quantitative estimate of drug-likeness (QED) is 0.836. The molecule has 1 aromatic carbocycles. The summed E-state index contributed by atoms with van der Waals surface area (Å²) in [5.41, 5.74) is 0.293. The second-order valence-corrected chi connectivity index (χ2v) is 5.46. The number of amides is 1. The number of nitrogens with one attached hydrogen (secondary N) is 1. The summed E-state index contributed by atoms with van der Waals surface area (Å²) >= 11 is 3.48. The van der Waals surface area contributed by atoms with E-state index in [0.717, 1.165) is 24.6 Å². The zero-order valence-electron chi connectivity index (χ0n) is 10.9. The molecule has 1 aliphatic rings. The molecular formula is C14H18BrNO3. The Bertz CT molecular complexity index is 464. The minimum absolute atomic E-state index is 0.0507. The number of aromatic hydroxyl groups is 1. The van der Waals surface area contributed by atoms with Crippen molar-refractivity contribution in [3.05, 3.63) is 23.8 Å². The summed E-state index contributed by atoms with van der Waals surface area (Å²) in [6.07, 6.45) is 3.26. The van der Waals surface area contributed by atoms with Gasteiger partial charge in [-0.1, -0.05) is 22.4 Å². The summed E-state index contributed by atoms with van der Waals surface area (Å²) in [4.78, 5) is 12.2. The van der Waals surface area contributed by atoms with Gasteiger partial charge in [0.1, 0.15) is 11.5 Å². The van der Waals surface area contributed by atoms with Crippen molar-refractivity contribution >= 4 is 21.8 Å². The highest BCUT2D eigenvalue weighted by molar-refractivity contribution is 9.09. The lowest BCUT2D eigenvalue weighted by Crippen LogP contribution is -2.37. The first-order valence-electron chi connectivity index (χ1n) is 6.39. The predicted molar refractivity (Wildman–Crippen MR) is 77.0 cm³/mol. The minimum Gasteiger partial charge on any atom is -0.507 e. The van der Waals surface area contributed by atoms with Gasteiger partial charge < -0.3 is 15.2 Å². The number of methoxy groups -OCH3 is 1. The van der Waals surface area contributed by atoms with Crippen LogP contribution in [0.3, 0.4) is 0 Å². The van der Waals surface area contributed by atoms with Crippen molar-refractivity contribution in [3.8, 4) is 11.5 Å². The van der Waals surface area contributed by atoms with Gasteiger partial charge in [-0.3, -0.25) is 4.79 Å². The number of carbonyl (C=O) groups excluding carboxylic acids is 1. The Morgan fingerprint density at radius 2 is 2.32 bits per heavy atom. The predicted octanol–water partition coefficient (Wildman–Crippen LogP) is 2.69. The van der Waals surface area contributed by atoms with Crippen molar-refractivity contribution in [2.75, 3.05) is 12.4 Å². The normalized spacial score (nSPS) is 22.2. The molecule has 19 heavy (non-hydrogen) atoms. The standard InChI is InChI=1S/C14H18BrNO3/c1-19-10-5-6-11(13(17)7-10)14(18)16-12-4-2-3-9(12)8-15/h5-7,9,12,17H,2-4,8H2,1H3,(H,16,18). The molecule has 4 nitrogen and oxygen atoms in total. The van der Waals surface area contributed by atoms with Crippen LogP contribution < -0.4 is 10.1 Å². The molecule has 0 spiro atoms. The maximum absolute atomic E-state index is 12.2. The molecule has 1 saturated carbocycles. The fourth-order valence-electron chi connectivity index (χ4n) is 2.49. The van der Waals surface area contributed by atoms with Crippen LogP contribution in [0.4, 0.5) is 0 Å². The van der Waals surface area contributed by atoms with Gasteiger partial charge in [-0.2, -0.15) is 0 Å². The Hall–Kier alpha value is -1.23. The van der Waals surface area contributed by atoms with E-state index in [1.807, 2.05) is 0 Å². The number of hydrogen-bond donors (Lipinski definition) is 2. The van der Waals surface area contributed by atoms with Crippen molar-refractivity contribution in [2.24, 2.45) is 5.92 Å². The Morgan fingerprint density at radius 3 is 2.95 bits per heavy atom. The number of alkyl halides is 1. The topological polar surface area (TPSA) is 58.6 Å². The van der Waals surface area contributed by atoms with Crippen LogP contribution in [0, 0.1) is 5.92 Å². The van der Waals surface area contributed by atoms with Crippen molar-refractivity contribution in [1.82, 2.24) is 5.32 Å². The molecule has 0 saturated heterocycles. The maximum atomic E-state index is 12.2. The average Bonchev–Trinajstić information content (AvgIpc) is 2.85. The van der Waals surface area contributed by atoms with Crippen molar-refractivity contribution in [3.63, 3.8) is 0 Å². The zero-order valence-corrected chi connectivity index (χ0v) is 12.4. The molecule has 0 heterocycles. The van der Waals surface area contributed by atoms with Gasteiger partial charge in [0.2, 0.25) is 0 Å². The number of rotatable bonds is 4. The molecule has 1 aliphatic carbocycles. The first-order valence-corrected chi connectivity index (χ1v) is 7.51. The zero-order chi connectivity index (χ0) is 13.8.